The van der Waals surface area contributed by atoms with Crippen LogP contribution < -0.4 is 0 Å². The maximum atomic E-state index is 13.4. The number of hydrogen-bond acceptors (Lipinski definition) is 4. The summed E-state index contributed by atoms with van der Waals surface area (Å²) in [6.07, 6.45) is -6.11. The highest BCUT2D eigenvalue weighted by Crippen LogP contribution is 2.48. The zero-order chi connectivity index (χ0) is 23.9. The van der Waals surface area contributed by atoms with Gasteiger partial charge in [-0.25, -0.2) is 9.69 Å². The zero-order valence-corrected chi connectivity index (χ0v) is 18.3. The van der Waals surface area contributed by atoms with Gasteiger partial charge in [0.05, 0.1) is 12.0 Å². The minimum absolute atomic E-state index is 0.381. The molecule has 0 bridgehead atoms. The lowest BCUT2D eigenvalue weighted by Crippen LogP contribution is -2.57. The highest BCUT2D eigenvalue weighted by molar-refractivity contribution is 5.96. The van der Waals surface area contributed by atoms with E-state index in [1.165, 1.54) is 0 Å². The average Bonchev–Trinajstić information content (AvgIpc) is 3.07. The lowest BCUT2D eigenvalue weighted by atomic mass is 9.75. The van der Waals surface area contributed by atoms with Crippen molar-refractivity contribution in [2.24, 2.45) is 11.8 Å². The van der Waals surface area contributed by atoms with Gasteiger partial charge in [0.1, 0.15) is 0 Å². The minimum Gasteiger partial charge on any atom is -0.430 e. The third-order valence-electron chi connectivity index (χ3n) is 6.20. The maximum Gasteiger partial charge on any atom is 0.418 e. The first-order chi connectivity index (χ1) is 14.9. The van der Waals surface area contributed by atoms with E-state index in [0.717, 1.165) is 11.8 Å². The Kier molecular flexibility index (Phi) is 6.12. The summed E-state index contributed by atoms with van der Waals surface area (Å²) in [6, 6.07) is 16.7. The van der Waals surface area contributed by atoms with Crippen LogP contribution >= 0.6 is 0 Å². The van der Waals surface area contributed by atoms with Crippen LogP contribution in [0.4, 0.5) is 18.0 Å². The van der Waals surface area contributed by atoms with Crippen molar-refractivity contribution in [3.05, 3.63) is 71.8 Å². The zero-order valence-electron chi connectivity index (χ0n) is 18.3. The number of nitrogens with zero attached hydrogens (tertiary/aromatic N) is 1. The molecule has 1 fully saturated rings. The van der Waals surface area contributed by atoms with E-state index in [0.29, 0.717) is 18.1 Å². The molecule has 0 spiro atoms. The van der Waals surface area contributed by atoms with Gasteiger partial charge in [0.25, 0.3) is 0 Å². The summed E-state index contributed by atoms with van der Waals surface area (Å²) in [5.41, 5.74) is -3.57. The number of rotatable bonds is 5. The molecule has 32 heavy (non-hydrogen) atoms. The lowest BCUT2D eigenvalue weighted by molar-refractivity contribution is -0.268. The molecule has 1 aliphatic heterocycles. The number of alkyl halides is 3. The molecular weight excluding hydrogens is 423 g/mol. The van der Waals surface area contributed by atoms with E-state index in [4.69, 9.17) is 4.74 Å². The quantitative estimate of drug-likeness (QED) is 0.706. The summed E-state index contributed by atoms with van der Waals surface area (Å²) < 4.78 is 46.2. The summed E-state index contributed by atoms with van der Waals surface area (Å²) in [7, 11) is 0. The predicted molar refractivity (Wildman–Crippen MR) is 111 cm³/mol. The Morgan fingerprint density at radius 1 is 1.00 bits per heavy atom. The normalized spacial score (nSPS) is 21.2. The van der Waals surface area contributed by atoms with Crippen LogP contribution in [-0.2, 0) is 15.1 Å². The Morgan fingerprint density at radius 3 is 1.81 bits per heavy atom. The molecule has 5 nitrogen and oxygen atoms in total. The Balaban J connectivity index is 2.19. The van der Waals surface area contributed by atoms with Crippen molar-refractivity contribution in [1.82, 2.24) is 4.90 Å². The number of halogens is 3. The summed E-state index contributed by atoms with van der Waals surface area (Å²) in [5, 5.41) is 10.1. The van der Waals surface area contributed by atoms with Gasteiger partial charge in [-0.2, -0.15) is 13.2 Å². The largest absolute Gasteiger partial charge is 0.430 e. The summed E-state index contributed by atoms with van der Waals surface area (Å²) in [5.74, 6) is -3.46. The van der Waals surface area contributed by atoms with Crippen LogP contribution in [-0.4, -0.2) is 39.8 Å². The molecule has 1 saturated heterocycles. The molecule has 3 atom stereocenters. The molecule has 0 aliphatic carbocycles. The van der Waals surface area contributed by atoms with Gasteiger partial charge in [0.15, 0.2) is 11.2 Å². The first-order valence-electron chi connectivity index (χ1n) is 10.3. The molecule has 3 rings (SSSR count). The highest BCUT2D eigenvalue weighted by Gasteiger charge is 2.63. The van der Waals surface area contributed by atoms with Crippen molar-refractivity contribution in [1.29, 1.82) is 0 Å². The molecule has 0 saturated carbocycles. The van der Waals surface area contributed by atoms with Crippen LogP contribution in [0.25, 0.3) is 0 Å². The van der Waals surface area contributed by atoms with Gasteiger partial charge >= 0.3 is 12.3 Å². The number of carbonyl (C=O) groups is 2. The fourth-order valence-corrected chi connectivity index (χ4v) is 4.23. The minimum atomic E-state index is -5.06. The number of ether oxygens (including phenoxy) is 1. The third kappa shape index (κ3) is 3.66. The van der Waals surface area contributed by atoms with Crippen LogP contribution in [0.15, 0.2) is 60.7 Å². The van der Waals surface area contributed by atoms with Crippen molar-refractivity contribution in [3.63, 3.8) is 0 Å². The Hall–Kier alpha value is -2.87. The fourth-order valence-electron chi connectivity index (χ4n) is 4.23. The SMILES string of the molecule is CC(C)C1N(C(=O)C(C)[C@](C)(O)C(F)(F)F)C(=O)OC1(c1ccccc1)c1ccccc1. The van der Waals surface area contributed by atoms with E-state index in [1.807, 2.05) is 0 Å². The molecule has 0 radical (unpaired) electrons. The van der Waals surface area contributed by atoms with E-state index in [2.05, 4.69) is 0 Å². The molecule has 1 aliphatic rings. The number of hydrogen-bond donors (Lipinski definition) is 1. The third-order valence-corrected chi connectivity index (χ3v) is 6.20. The molecule has 1 heterocycles. The first-order valence-corrected chi connectivity index (χ1v) is 10.3. The highest BCUT2D eigenvalue weighted by atomic mass is 19.4. The Bertz CT molecular complexity index is 934. The van der Waals surface area contributed by atoms with Crippen molar-refractivity contribution < 1.29 is 32.6 Å². The molecule has 0 aromatic heterocycles. The van der Waals surface area contributed by atoms with E-state index in [1.54, 1.807) is 74.5 Å². The first kappa shape index (κ1) is 23.8. The van der Waals surface area contributed by atoms with Gasteiger partial charge in [0.2, 0.25) is 5.91 Å². The molecule has 2 aromatic rings. The van der Waals surface area contributed by atoms with Gasteiger partial charge < -0.3 is 9.84 Å². The smallest absolute Gasteiger partial charge is 0.418 e. The second-order valence-corrected chi connectivity index (χ2v) is 8.60. The van der Waals surface area contributed by atoms with Crippen molar-refractivity contribution in [3.8, 4) is 0 Å². The van der Waals surface area contributed by atoms with Crippen LogP contribution in [0.1, 0.15) is 38.8 Å². The number of carbonyl (C=O) groups excluding carboxylic acids is 2. The van der Waals surface area contributed by atoms with Gasteiger partial charge in [0, 0.05) is 11.1 Å². The Morgan fingerprint density at radius 2 is 1.44 bits per heavy atom. The summed E-state index contributed by atoms with van der Waals surface area (Å²) in [4.78, 5) is 27.1. The van der Waals surface area contributed by atoms with Crippen LogP contribution in [0, 0.1) is 11.8 Å². The maximum absolute atomic E-state index is 13.4. The Labute approximate surface area is 184 Å². The van der Waals surface area contributed by atoms with Crippen LogP contribution in [0.3, 0.4) is 0 Å². The fraction of sp³-hybridized carbons (Fsp3) is 0.417. The van der Waals surface area contributed by atoms with Crippen molar-refractivity contribution in [2.45, 2.75) is 51.1 Å². The molecule has 2 amide bonds. The monoisotopic (exact) mass is 449 g/mol. The van der Waals surface area contributed by atoms with E-state index < -0.39 is 41.3 Å². The van der Waals surface area contributed by atoms with E-state index in [-0.39, 0.29) is 5.92 Å². The number of amides is 2. The second kappa shape index (κ2) is 8.24. The molecule has 8 heteroatoms. The molecule has 1 N–H and O–H groups in total. The molecule has 172 valence electrons. The number of benzene rings is 2. The average molecular weight is 449 g/mol. The lowest BCUT2D eigenvalue weighted by Gasteiger charge is -2.39. The van der Waals surface area contributed by atoms with E-state index in [9.17, 15) is 27.9 Å². The number of cyclic esters (lactones) is 1. The molecular formula is C24H26F3NO4. The predicted octanol–water partition coefficient (Wildman–Crippen LogP) is 4.88. The van der Waals surface area contributed by atoms with Crippen LogP contribution in [0.2, 0.25) is 0 Å². The topological polar surface area (TPSA) is 66.8 Å². The molecule has 2 unspecified atom stereocenters. The van der Waals surface area contributed by atoms with Gasteiger partial charge in [-0.05, 0) is 12.8 Å². The van der Waals surface area contributed by atoms with Gasteiger partial charge in [-0.3, -0.25) is 4.79 Å². The van der Waals surface area contributed by atoms with E-state index >= 15 is 0 Å². The van der Waals surface area contributed by atoms with Crippen LogP contribution in [0.5, 0.6) is 0 Å². The summed E-state index contributed by atoms with van der Waals surface area (Å²) >= 11 is 0. The van der Waals surface area contributed by atoms with Crippen molar-refractivity contribution >= 4 is 12.0 Å². The second-order valence-electron chi connectivity index (χ2n) is 8.60. The summed E-state index contributed by atoms with van der Waals surface area (Å²) in [6.45, 7) is 5.02. The number of aliphatic hydroxyl groups is 1. The molecule has 2 aromatic carbocycles. The van der Waals surface area contributed by atoms with Gasteiger partial charge in [-0.1, -0.05) is 81.4 Å². The van der Waals surface area contributed by atoms with Gasteiger partial charge in [-0.15, -0.1) is 0 Å². The number of imide groups is 1. The van der Waals surface area contributed by atoms with Crippen molar-refractivity contribution in [2.75, 3.05) is 0 Å². The standard InChI is InChI=1S/C24H26F3NO4/c1-15(2)19-23(17-11-7-5-8-12-17,18-13-9-6-10-14-18)32-21(30)28(19)20(29)16(3)22(4,31)24(25,26)27/h5-16,19,31H,1-4H3/t16?,19?,22-/m0/s1.